The molecule has 0 spiro atoms. The highest BCUT2D eigenvalue weighted by Gasteiger charge is 2.17. The molecule has 0 radical (unpaired) electrons. The molecule has 21 heavy (non-hydrogen) atoms. The molecule has 0 aliphatic heterocycles. The largest absolute Gasteiger partial charge is 0.497 e. The van der Waals surface area contributed by atoms with E-state index in [4.69, 9.17) is 15.2 Å². The summed E-state index contributed by atoms with van der Waals surface area (Å²) in [5.74, 6) is 2.05. The van der Waals surface area contributed by atoms with E-state index in [1.807, 2.05) is 29.0 Å². The third kappa shape index (κ3) is 3.36. The number of rotatable bonds is 6. The highest BCUT2D eigenvalue weighted by atomic mass is 16.5. The van der Waals surface area contributed by atoms with Gasteiger partial charge in [0.05, 0.1) is 38.1 Å². The van der Waals surface area contributed by atoms with Gasteiger partial charge in [0.1, 0.15) is 11.5 Å². The SMILES string of the molecule is COc1ccc(OC)c(-n2cncc2C(N)CC(C)C)c1. The topological polar surface area (TPSA) is 62.3 Å². The molecule has 2 rings (SSSR count). The van der Waals surface area contributed by atoms with E-state index < -0.39 is 0 Å². The van der Waals surface area contributed by atoms with Gasteiger partial charge >= 0.3 is 0 Å². The normalized spacial score (nSPS) is 12.5. The Morgan fingerprint density at radius 2 is 2.00 bits per heavy atom. The second-order valence-electron chi connectivity index (χ2n) is 5.46. The van der Waals surface area contributed by atoms with Gasteiger partial charge in [-0.05, 0) is 24.5 Å². The minimum Gasteiger partial charge on any atom is -0.497 e. The molecule has 0 amide bonds. The average molecular weight is 289 g/mol. The van der Waals surface area contributed by atoms with Gasteiger partial charge in [-0.1, -0.05) is 13.8 Å². The van der Waals surface area contributed by atoms with E-state index in [1.54, 1.807) is 20.5 Å². The lowest BCUT2D eigenvalue weighted by atomic mass is 10.0. The van der Waals surface area contributed by atoms with E-state index in [0.29, 0.717) is 5.92 Å². The fraction of sp³-hybridized carbons (Fsp3) is 0.438. The van der Waals surface area contributed by atoms with Crippen LogP contribution in [0.4, 0.5) is 0 Å². The molecule has 0 aliphatic carbocycles. The molecule has 2 N–H and O–H groups in total. The third-order valence-corrected chi connectivity index (χ3v) is 3.42. The van der Waals surface area contributed by atoms with E-state index >= 15 is 0 Å². The molecular formula is C16H23N3O2. The Morgan fingerprint density at radius 1 is 1.24 bits per heavy atom. The first kappa shape index (κ1) is 15.4. The van der Waals surface area contributed by atoms with Crippen molar-refractivity contribution in [3.8, 4) is 17.2 Å². The molecule has 1 unspecified atom stereocenters. The zero-order chi connectivity index (χ0) is 15.4. The van der Waals surface area contributed by atoms with Crippen molar-refractivity contribution < 1.29 is 9.47 Å². The first-order valence-corrected chi connectivity index (χ1v) is 7.07. The van der Waals surface area contributed by atoms with Gasteiger partial charge in [-0.15, -0.1) is 0 Å². The van der Waals surface area contributed by atoms with Gasteiger partial charge in [0, 0.05) is 12.1 Å². The Bertz CT molecular complexity index is 593. The zero-order valence-corrected chi connectivity index (χ0v) is 13.0. The van der Waals surface area contributed by atoms with Gasteiger partial charge in [-0.25, -0.2) is 4.98 Å². The van der Waals surface area contributed by atoms with Crippen LogP contribution in [-0.4, -0.2) is 23.8 Å². The second kappa shape index (κ2) is 6.63. The fourth-order valence-electron chi connectivity index (χ4n) is 2.39. The molecule has 5 nitrogen and oxygen atoms in total. The summed E-state index contributed by atoms with van der Waals surface area (Å²) in [5.41, 5.74) is 8.15. The number of aromatic nitrogens is 2. The average Bonchev–Trinajstić information content (AvgIpc) is 2.95. The highest BCUT2D eigenvalue weighted by Crippen LogP contribution is 2.30. The molecular weight excluding hydrogens is 266 g/mol. The van der Waals surface area contributed by atoms with Gasteiger partial charge in [0.2, 0.25) is 0 Å². The molecule has 5 heteroatoms. The van der Waals surface area contributed by atoms with Crippen molar-refractivity contribution in [1.29, 1.82) is 0 Å². The van der Waals surface area contributed by atoms with E-state index in [0.717, 1.165) is 29.3 Å². The Balaban J connectivity index is 2.45. The molecule has 114 valence electrons. The summed E-state index contributed by atoms with van der Waals surface area (Å²) in [6, 6.07) is 5.61. The third-order valence-electron chi connectivity index (χ3n) is 3.42. The number of hydrogen-bond acceptors (Lipinski definition) is 4. The summed E-state index contributed by atoms with van der Waals surface area (Å²) in [4.78, 5) is 4.24. The van der Waals surface area contributed by atoms with E-state index in [9.17, 15) is 0 Å². The lowest BCUT2D eigenvalue weighted by Gasteiger charge is -2.18. The van der Waals surface area contributed by atoms with Crippen LogP contribution in [0.1, 0.15) is 32.0 Å². The molecule has 1 aromatic heterocycles. The minimum atomic E-state index is -0.0663. The van der Waals surface area contributed by atoms with E-state index in [1.165, 1.54) is 0 Å². The smallest absolute Gasteiger partial charge is 0.143 e. The van der Waals surface area contributed by atoms with Gasteiger partial charge in [0.25, 0.3) is 0 Å². The van der Waals surface area contributed by atoms with Crippen molar-refractivity contribution in [2.75, 3.05) is 14.2 Å². The van der Waals surface area contributed by atoms with E-state index in [-0.39, 0.29) is 6.04 Å². The summed E-state index contributed by atoms with van der Waals surface area (Å²) in [6.45, 7) is 4.32. The Labute approximate surface area is 125 Å². The van der Waals surface area contributed by atoms with Crippen molar-refractivity contribution in [1.82, 2.24) is 9.55 Å². The molecule has 1 atom stereocenters. The van der Waals surface area contributed by atoms with Crippen molar-refractivity contribution in [2.24, 2.45) is 11.7 Å². The predicted octanol–water partition coefficient (Wildman–Crippen LogP) is 2.94. The van der Waals surface area contributed by atoms with Crippen LogP contribution in [0.25, 0.3) is 5.69 Å². The van der Waals surface area contributed by atoms with Crippen molar-refractivity contribution >= 4 is 0 Å². The standard InChI is InChI=1S/C16H23N3O2/c1-11(2)7-13(17)15-9-18-10-19(15)14-8-12(20-3)5-6-16(14)21-4/h5-6,8-11,13H,7,17H2,1-4H3. The Hall–Kier alpha value is -2.01. The molecule has 2 aromatic rings. The fourth-order valence-corrected chi connectivity index (χ4v) is 2.39. The maximum Gasteiger partial charge on any atom is 0.143 e. The quantitative estimate of drug-likeness (QED) is 0.888. The van der Waals surface area contributed by atoms with Crippen molar-refractivity contribution in [3.05, 3.63) is 36.4 Å². The zero-order valence-electron chi connectivity index (χ0n) is 13.0. The van der Waals surface area contributed by atoms with Crippen LogP contribution >= 0.6 is 0 Å². The lowest BCUT2D eigenvalue weighted by molar-refractivity contribution is 0.400. The van der Waals surface area contributed by atoms with Gasteiger partial charge in [0.15, 0.2) is 0 Å². The molecule has 1 heterocycles. The van der Waals surface area contributed by atoms with Crippen LogP contribution in [-0.2, 0) is 0 Å². The number of nitrogens with two attached hydrogens (primary N) is 1. The summed E-state index contributed by atoms with van der Waals surface area (Å²) in [5, 5.41) is 0. The second-order valence-corrected chi connectivity index (χ2v) is 5.46. The lowest BCUT2D eigenvalue weighted by Crippen LogP contribution is -2.16. The van der Waals surface area contributed by atoms with Crippen LogP contribution in [0.5, 0.6) is 11.5 Å². The van der Waals surface area contributed by atoms with Crippen LogP contribution in [0.2, 0.25) is 0 Å². The number of methoxy groups -OCH3 is 2. The molecule has 1 aromatic carbocycles. The molecule has 0 saturated heterocycles. The maximum atomic E-state index is 6.31. The van der Waals surface area contributed by atoms with Crippen molar-refractivity contribution in [2.45, 2.75) is 26.3 Å². The summed E-state index contributed by atoms with van der Waals surface area (Å²) in [6.07, 6.45) is 4.47. The number of imidazole rings is 1. The molecule has 0 bridgehead atoms. The maximum absolute atomic E-state index is 6.31. The first-order valence-electron chi connectivity index (χ1n) is 7.07. The van der Waals surface area contributed by atoms with Crippen LogP contribution in [0.3, 0.4) is 0 Å². The Kier molecular flexibility index (Phi) is 4.85. The number of hydrogen-bond donors (Lipinski definition) is 1. The summed E-state index contributed by atoms with van der Waals surface area (Å²) in [7, 11) is 3.29. The van der Waals surface area contributed by atoms with Gasteiger partial charge in [-0.3, -0.25) is 4.57 Å². The van der Waals surface area contributed by atoms with E-state index in [2.05, 4.69) is 18.8 Å². The summed E-state index contributed by atoms with van der Waals surface area (Å²) >= 11 is 0. The highest BCUT2D eigenvalue weighted by molar-refractivity contribution is 5.52. The predicted molar refractivity (Wildman–Crippen MR) is 83.1 cm³/mol. The van der Waals surface area contributed by atoms with Gasteiger partial charge in [-0.2, -0.15) is 0 Å². The first-order chi connectivity index (χ1) is 10.1. The minimum absolute atomic E-state index is 0.0663. The van der Waals surface area contributed by atoms with Crippen LogP contribution in [0, 0.1) is 5.92 Å². The number of benzene rings is 1. The van der Waals surface area contributed by atoms with Crippen molar-refractivity contribution in [3.63, 3.8) is 0 Å². The number of ether oxygens (including phenoxy) is 2. The summed E-state index contributed by atoms with van der Waals surface area (Å²) < 4.78 is 12.7. The van der Waals surface area contributed by atoms with Crippen LogP contribution in [0.15, 0.2) is 30.7 Å². The number of nitrogens with zero attached hydrogens (tertiary/aromatic N) is 2. The molecule has 0 aliphatic rings. The molecule has 0 saturated carbocycles. The monoisotopic (exact) mass is 289 g/mol. The Morgan fingerprint density at radius 3 is 2.62 bits per heavy atom. The molecule has 0 fully saturated rings. The van der Waals surface area contributed by atoms with Gasteiger partial charge < -0.3 is 15.2 Å². The van der Waals surface area contributed by atoms with Crippen LogP contribution < -0.4 is 15.2 Å².